The first-order valence-electron chi connectivity index (χ1n) is 10.7. The molecule has 2 N–H and O–H groups in total. The largest absolute Gasteiger partial charge is 0.571 e. The average Bonchev–Trinajstić information content (AvgIpc) is 3.15. The highest BCUT2D eigenvalue weighted by molar-refractivity contribution is 6.26. The van der Waals surface area contributed by atoms with Crippen LogP contribution in [0.3, 0.4) is 0 Å². The summed E-state index contributed by atoms with van der Waals surface area (Å²) < 4.78 is 1.18. The molecule has 0 saturated carbocycles. The summed E-state index contributed by atoms with van der Waals surface area (Å²) in [5.41, 5.74) is 7.89. The molecule has 1 aliphatic heterocycles. The molecule has 0 spiro atoms. The van der Waals surface area contributed by atoms with Crippen LogP contribution in [-0.2, 0) is 11.3 Å². The van der Waals surface area contributed by atoms with Crippen LogP contribution in [-0.4, -0.2) is 58.3 Å². The number of anilines is 2. The van der Waals surface area contributed by atoms with Crippen LogP contribution in [0.5, 0.6) is 0 Å². The van der Waals surface area contributed by atoms with Gasteiger partial charge in [-0.3, -0.25) is 14.4 Å². The number of benzene rings is 2. The number of hydrogen-bond donors (Lipinski definition) is 1. The molecule has 33 heavy (non-hydrogen) atoms. The van der Waals surface area contributed by atoms with Crippen molar-refractivity contribution in [1.29, 1.82) is 0 Å². The maximum absolute atomic E-state index is 13.0. The lowest BCUT2D eigenvalue weighted by molar-refractivity contribution is -0.749. The molecule has 0 bridgehead atoms. The number of para-hydroxylation sites is 2. The van der Waals surface area contributed by atoms with Gasteiger partial charge in [0.2, 0.25) is 23.2 Å². The van der Waals surface area contributed by atoms with Gasteiger partial charge in [0.05, 0.1) is 24.5 Å². The van der Waals surface area contributed by atoms with Crippen LogP contribution in [0.2, 0.25) is 0 Å². The molecule has 10 heteroatoms. The normalized spacial score (nSPS) is 15.6. The van der Waals surface area contributed by atoms with Gasteiger partial charge in [-0.25, -0.2) is 0 Å². The Labute approximate surface area is 189 Å². The number of amides is 1. The standard InChI is InChI=1S/C23H22N6O4/c24-17-8-3-4-9-18(17)27-13-12-26(19(30)14-27)10-5-11-28-21-20(25-29(28)33)22(31)15-6-1-2-7-16(15)23(21)32/h1-4,6-9H,5,10-14,24H2. The molecule has 3 aromatic rings. The fourth-order valence-electron chi connectivity index (χ4n) is 4.44. The Hall–Kier alpha value is -4.21. The first-order valence-corrected chi connectivity index (χ1v) is 10.7. The number of hydrogen-bond acceptors (Lipinski definition) is 7. The Morgan fingerprint density at radius 2 is 1.64 bits per heavy atom. The summed E-state index contributed by atoms with van der Waals surface area (Å²) in [6, 6.07) is 13.9. The van der Waals surface area contributed by atoms with Gasteiger partial charge in [0.15, 0.2) is 5.69 Å². The Kier molecular flexibility index (Phi) is 5.04. The van der Waals surface area contributed by atoms with Crippen molar-refractivity contribution in [2.75, 3.05) is 36.8 Å². The van der Waals surface area contributed by atoms with Crippen LogP contribution in [0.15, 0.2) is 48.5 Å². The second-order valence-corrected chi connectivity index (χ2v) is 8.09. The molecule has 1 aliphatic carbocycles. The molecule has 1 fully saturated rings. The zero-order valence-corrected chi connectivity index (χ0v) is 17.8. The number of nitrogen functional groups attached to an aromatic ring is 1. The predicted molar refractivity (Wildman–Crippen MR) is 119 cm³/mol. The zero-order chi connectivity index (χ0) is 23.1. The second kappa shape index (κ2) is 8.05. The van der Waals surface area contributed by atoms with E-state index < -0.39 is 11.6 Å². The van der Waals surface area contributed by atoms with Crippen LogP contribution >= 0.6 is 0 Å². The number of fused-ring (bicyclic) bond motifs is 2. The minimum Gasteiger partial charge on any atom is -0.571 e. The minimum atomic E-state index is -0.435. The van der Waals surface area contributed by atoms with Crippen molar-refractivity contribution < 1.29 is 19.3 Å². The molecule has 1 saturated heterocycles. The van der Waals surface area contributed by atoms with E-state index in [9.17, 15) is 19.6 Å². The quantitative estimate of drug-likeness (QED) is 0.270. The third-order valence-corrected chi connectivity index (χ3v) is 6.12. The van der Waals surface area contributed by atoms with Crippen molar-refractivity contribution in [2.24, 2.45) is 0 Å². The summed E-state index contributed by atoms with van der Waals surface area (Å²) in [5, 5.41) is 16.2. The van der Waals surface area contributed by atoms with Gasteiger partial charge in [-0.2, -0.15) is 0 Å². The first kappa shape index (κ1) is 20.7. The van der Waals surface area contributed by atoms with Crippen molar-refractivity contribution >= 4 is 28.8 Å². The molecular weight excluding hydrogens is 424 g/mol. The Morgan fingerprint density at radius 3 is 2.36 bits per heavy atom. The van der Waals surface area contributed by atoms with E-state index in [1.807, 2.05) is 23.1 Å². The van der Waals surface area contributed by atoms with Crippen LogP contribution in [0.25, 0.3) is 0 Å². The topological polar surface area (TPSA) is 128 Å². The fourth-order valence-corrected chi connectivity index (χ4v) is 4.44. The number of piperazine rings is 1. The van der Waals surface area contributed by atoms with Gasteiger partial charge in [0, 0.05) is 40.8 Å². The van der Waals surface area contributed by atoms with Gasteiger partial charge in [-0.05, 0) is 18.6 Å². The Bertz CT molecular complexity index is 1280. The second-order valence-electron chi connectivity index (χ2n) is 8.09. The van der Waals surface area contributed by atoms with Gasteiger partial charge >= 0.3 is 0 Å². The maximum atomic E-state index is 13.0. The van der Waals surface area contributed by atoms with E-state index in [-0.39, 0.29) is 41.5 Å². The minimum absolute atomic E-state index is 0.00407. The third-order valence-electron chi connectivity index (χ3n) is 6.12. The van der Waals surface area contributed by atoms with Crippen molar-refractivity contribution in [3.05, 3.63) is 76.3 Å². The molecule has 1 aromatic heterocycles. The molecule has 2 aromatic carbocycles. The van der Waals surface area contributed by atoms with Crippen LogP contribution in [0.4, 0.5) is 11.4 Å². The number of rotatable bonds is 5. The summed E-state index contributed by atoms with van der Waals surface area (Å²) in [5.74, 6) is -0.866. The van der Waals surface area contributed by atoms with E-state index >= 15 is 0 Å². The van der Waals surface area contributed by atoms with Gasteiger partial charge in [0.25, 0.3) is 0 Å². The lowest BCUT2D eigenvalue weighted by atomic mass is 9.90. The fraction of sp³-hybridized carbons (Fsp3) is 0.261. The molecule has 2 heterocycles. The van der Waals surface area contributed by atoms with Gasteiger partial charge < -0.3 is 20.7 Å². The monoisotopic (exact) mass is 446 g/mol. The summed E-state index contributed by atoms with van der Waals surface area (Å²) in [4.78, 5) is 42.3. The Balaban J connectivity index is 1.26. The molecule has 0 unspecified atom stereocenters. The van der Waals surface area contributed by atoms with Gasteiger partial charge in [-0.1, -0.05) is 36.4 Å². The molecule has 5 rings (SSSR count). The summed E-state index contributed by atoms with van der Waals surface area (Å²) >= 11 is 0. The molecule has 2 aliphatic rings. The Morgan fingerprint density at radius 1 is 0.939 bits per heavy atom. The van der Waals surface area contributed by atoms with E-state index in [2.05, 4.69) is 5.10 Å². The number of nitrogens with zero attached hydrogens (tertiary/aromatic N) is 5. The molecular formula is C23H22N6O4. The predicted octanol–water partition coefficient (Wildman–Crippen LogP) is 0.613. The zero-order valence-electron chi connectivity index (χ0n) is 17.8. The number of carbonyl (C=O) groups excluding carboxylic acids is 3. The van der Waals surface area contributed by atoms with E-state index in [4.69, 9.17) is 5.73 Å². The summed E-state index contributed by atoms with van der Waals surface area (Å²) in [7, 11) is 0. The van der Waals surface area contributed by atoms with Crippen molar-refractivity contribution in [1.82, 2.24) is 14.7 Å². The van der Waals surface area contributed by atoms with Crippen LogP contribution in [0, 0.1) is 5.21 Å². The van der Waals surface area contributed by atoms with E-state index in [1.54, 1.807) is 35.2 Å². The van der Waals surface area contributed by atoms with Crippen molar-refractivity contribution in [2.45, 2.75) is 13.0 Å². The molecule has 0 atom stereocenters. The van der Waals surface area contributed by atoms with Crippen molar-refractivity contribution in [3.63, 3.8) is 0 Å². The van der Waals surface area contributed by atoms with Gasteiger partial charge in [-0.15, -0.1) is 4.68 Å². The van der Waals surface area contributed by atoms with E-state index in [0.29, 0.717) is 36.7 Å². The van der Waals surface area contributed by atoms with E-state index in [0.717, 1.165) is 5.69 Å². The summed E-state index contributed by atoms with van der Waals surface area (Å²) in [6.07, 6.45) is 0.438. The highest BCUT2D eigenvalue weighted by Gasteiger charge is 2.39. The maximum Gasteiger partial charge on any atom is 0.242 e. The average molecular weight is 446 g/mol. The lowest BCUT2D eigenvalue weighted by Gasteiger charge is -2.36. The van der Waals surface area contributed by atoms with Gasteiger partial charge in [0.1, 0.15) is 0 Å². The molecule has 10 nitrogen and oxygen atoms in total. The highest BCUT2D eigenvalue weighted by atomic mass is 16.5. The smallest absolute Gasteiger partial charge is 0.242 e. The van der Waals surface area contributed by atoms with E-state index in [1.165, 1.54) is 4.68 Å². The number of aromatic nitrogens is 3. The van der Waals surface area contributed by atoms with Crippen LogP contribution in [0.1, 0.15) is 38.5 Å². The third kappa shape index (κ3) is 3.49. The van der Waals surface area contributed by atoms with Crippen molar-refractivity contribution in [3.8, 4) is 0 Å². The van der Waals surface area contributed by atoms with Crippen LogP contribution < -0.4 is 15.6 Å². The number of carbonyl (C=O) groups is 3. The molecule has 0 radical (unpaired) electrons. The SMILES string of the molecule is Nc1ccccc1N1CCN(CCCn2c3c(n[n+]2[O-])C(=O)c2ccccc2C3=O)C(=O)C1. The summed E-state index contributed by atoms with van der Waals surface area (Å²) in [6.45, 7) is 1.97. The first-order chi connectivity index (χ1) is 16.0. The lowest BCUT2D eigenvalue weighted by Crippen LogP contribution is -2.51. The number of nitrogens with two attached hydrogens (primary N) is 1. The number of ketones is 2. The molecule has 1 amide bonds. The highest BCUT2D eigenvalue weighted by Crippen LogP contribution is 2.26. The molecule has 168 valence electrons.